The average Bonchev–Trinajstić information content (AvgIpc) is 2.79. The first-order chi connectivity index (χ1) is 11.7. The number of nitrogens with zero attached hydrogens (tertiary/aromatic N) is 3. The zero-order chi connectivity index (χ0) is 18.4. The molecule has 0 saturated carbocycles. The van der Waals surface area contributed by atoms with Crippen LogP contribution in [0.5, 0.6) is 0 Å². The van der Waals surface area contributed by atoms with Crippen LogP contribution >= 0.6 is 0 Å². The standard InChI is InChI=1S/C14H15FN4O5S/c15-9-1-3-10(4-2-9)25(23,24)17-5-6-18-11(7-17)13(21)19(14(18)22)8-12(16)20/h1-4,11H,5-8H2,(H2,16,20). The molecule has 0 radical (unpaired) electrons. The number of piperazine rings is 1. The number of nitrogens with two attached hydrogens (primary N) is 1. The quantitative estimate of drug-likeness (QED) is 0.678. The van der Waals surface area contributed by atoms with Crippen molar-refractivity contribution in [1.82, 2.24) is 14.1 Å². The van der Waals surface area contributed by atoms with Gasteiger partial charge in [0.2, 0.25) is 15.9 Å². The van der Waals surface area contributed by atoms with Gasteiger partial charge in [0.05, 0.1) is 4.90 Å². The van der Waals surface area contributed by atoms with Crippen LogP contribution in [0.4, 0.5) is 9.18 Å². The largest absolute Gasteiger partial charge is 0.368 e. The summed E-state index contributed by atoms with van der Waals surface area (Å²) in [6.07, 6.45) is 0. The number of urea groups is 1. The monoisotopic (exact) mass is 370 g/mol. The van der Waals surface area contributed by atoms with Crippen molar-refractivity contribution < 1.29 is 27.2 Å². The number of hydrogen-bond donors (Lipinski definition) is 1. The number of carbonyl (C=O) groups is 3. The van der Waals surface area contributed by atoms with Crippen LogP contribution in [0.15, 0.2) is 29.2 Å². The molecule has 0 aliphatic carbocycles. The van der Waals surface area contributed by atoms with Gasteiger partial charge in [-0.05, 0) is 24.3 Å². The molecule has 1 atom stereocenters. The number of halogens is 1. The van der Waals surface area contributed by atoms with Gasteiger partial charge in [-0.3, -0.25) is 14.5 Å². The molecular formula is C14H15FN4O5S. The van der Waals surface area contributed by atoms with Crippen LogP contribution in [-0.4, -0.2) is 72.6 Å². The summed E-state index contributed by atoms with van der Waals surface area (Å²) in [5.41, 5.74) is 5.03. The summed E-state index contributed by atoms with van der Waals surface area (Å²) in [7, 11) is -3.93. The van der Waals surface area contributed by atoms with Crippen LogP contribution in [0.25, 0.3) is 0 Å². The van der Waals surface area contributed by atoms with E-state index in [4.69, 9.17) is 5.73 Å². The Hall–Kier alpha value is -2.53. The minimum atomic E-state index is -3.93. The molecule has 1 unspecified atom stereocenters. The lowest BCUT2D eigenvalue weighted by atomic mass is 10.2. The third-order valence-electron chi connectivity index (χ3n) is 4.14. The smallest absolute Gasteiger partial charge is 0.328 e. The lowest BCUT2D eigenvalue weighted by Crippen LogP contribution is -2.54. The van der Waals surface area contributed by atoms with E-state index in [2.05, 4.69) is 0 Å². The second kappa shape index (κ2) is 6.08. The Morgan fingerprint density at radius 3 is 2.44 bits per heavy atom. The molecule has 0 bridgehead atoms. The van der Waals surface area contributed by atoms with Crippen molar-refractivity contribution in [3.8, 4) is 0 Å². The van der Waals surface area contributed by atoms with Crippen molar-refractivity contribution in [1.29, 1.82) is 0 Å². The molecule has 0 aromatic heterocycles. The summed E-state index contributed by atoms with van der Waals surface area (Å²) in [5, 5.41) is 0. The van der Waals surface area contributed by atoms with Gasteiger partial charge in [0, 0.05) is 19.6 Å². The summed E-state index contributed by atoms with van der Waals surface area (Å²) >= 11 is 0. The van der Waals surface area contributed by atoms with Crippen LogP contribution < -0.4 is 5.73 Å². The number of sulfonamides is 1. The average molecular weight is 370 g/mol. The number of primary amides is 1. The molecule has 11 heteroatoms. The van der Waals surface area contributed by atoms with Crippen molar-refractivity contribution in [2.75, 3.05) is 26.2 Å². The summed E-state index contributed by atoms with van der Waals surface area (Å²) in [6, 6.07) is 2.67. The maximum atomic E-state index is 13.0. The fourth-order valence-corrected chi connectivity index (χ4v) is 4.34. The number of imide groups is 1. The third-order valence-corrected chi connectivity index (χ3v) is 6.02. The number of hydrogen-bond acceptors (Lipinski definition) is 5. The highest BCUT2D eigenvalue weighted by atomic mass is 32.2. The molecule has 9 nitrogen and oxygen atoms in total. The van der Waals surface area contributed by atoms with Crippen LogP contribution in [-0.2, 0) is 19.6 Å². The molecule has 2 heterocycles. The van der Waals surface area contributed by atoms with Crippen LogP contribution in [0.2, 0.25) is 0 Å². The van der Waals surface area contributed by atoms with E-state index in [0.717, 1.165) is 33.5 Å². The SMILES string of the molecule is NC(=O)CN1C(=O)C2CN(S(=O)(=O)c3ccc(F)cc3)CCN2C1=O. The Morgan fingerprint density at radius 2 is 1.84 bits per heavy atom. The number of rotatable bonds is 4. The highest BCUT2D eigenvalue weighted by Crippen LogP contribution is 2.25. The van der Waals surface area contributed by atoms with Gasteiger partial charge in [0.15, 0.2) is 0 Å². The van der Waals surface area contributed by atoms with Crippen molar-refractivity contribution in [2.24, 2.45) is 5.73 Å². The molecule has 2 saturated heterocycles. The topological polar surface area (TPSA) is 121 Å². The van der Waals surface area contributed by atoms with Gasteiger partial charge in [-0.15, -0.1) is 0 Å². The minimum absolute atomic E-state index is 0.00489. The molecule has 25 heavy (non-hydrogen) atoms. The first kappa shape index (κ1) is 17.3. The predicted molar refractivity (Wildman–Crippen MR) is 82.0 cm³/mol. The maximum Gasteiger partial charge on any atom is 0.328 e. The highest BCUT2D eigenvalue weighted by Gasteiger charge is 2.49. The molecular weight excluding hydrogens is 355 g/mol. The second-order valence-corrected chi connectivity index (χ2v) is 7.64. The first-order valence-electron chi connectivity index (χ1n) is 7.38. The number of fused-ring (bicyclic) bond motifs is 1. The lowest BCUT2D eigenvalue weighted by Gasteiger charge is -2.34. The van der Waals surface area contributed by atoms with Crippen LogP contribution in [0, 0.1) is 5.82 Å². The third kappa shape index (κ3) is 2.96. The number of carbonyl (C=O) groups excluding carboxylic acids is 3. The molecule has 1 aromatic rings. The van der Waals surface area contributed by atoms with Crippen molar-refractivity contribution in [3.63, 3.8) is 0 Å². The van der Waals surface area contributed by atoms with Crippen molar-refractivity contribution >= 4 is 27.9 Å². The minimum Gasteiger partial charge on any atom is -0.368 e. The fourth-order valence-electron chi connectivity index (χ4n) is 2.90. The molecule has 134 valence electrons. The van der Waals surface area contributed by atoms with E-state index >= 15 is 0 Å². The molecule has 3 rings (SSSR count). The molecule has 0 spiro atoms. The zero-order valence-corrected chi connectivity index (χ0v) is 13.8. The summed E-state index contributed by atoms with van der Waals surface area (Å²) < 4.78 is 39.3. The van der Waals surface area contributed by atoms with E-state index in [1.54, 1.807) is 0 Å². The lowest BCUT2D eigenvalue weighted by molar-refractivity contribution is -0.132. The predicted octanol–water partition coefficient (Wildman–Crippen LogP) is -1.05. The van der Waals surface area contributed by atoms with Gasteiger partial charge >= 0.3 is 6.03 Å². The Labute approximate surface area is 142 Å². The maximum absolute atomic E-state index is 13.0. The Kier molecular flexibility index (Phi) is 4.21. The number of benzene rings is 1. The molecule has 2 aliphatic rings. The molecule has 2 fully saturated rings. The molecule has 2 aliphatic heterocycles. The van der Waals surface area contributed by atoms with Crippen molar-refractivity contribution in [3.05, 3.63) is 30.1 Å². The second-order valence-electron chi connectivity index (χ2n) is 5.70. The van der Waals surface area contributed by atoms with E-state index in [1.807, 2.05) is 0 Å². The number of amides is 4. The molecule has 1 aromatic carbocycles. The van der Waals surface area contributed by atoms with Gasteiger partial charge in [-0.2, -0.15) is 4.31 Å². The van der Waals surface area contributed by atoms with Gasteiger partial charge < -0.3 is 10.6 Å². The summed E-state index contributed by atoms with van der Waals surface area (Å²) in [4.78, 5) is 37.3. The molecule has 4 amide bonds. The first-order valence-corrected chi connectivity index (χ1v) is 8.82. The van der Waals surface area contributed by atoms with Crippen LogP contribution in [0.1, 0.15) is 0 Å². The van der Waals surface area contributed by atoms with Crippen molar-refractivity contribution in [2.45, 2.75) is 10.9 Å². The van der Waals surface area contributed by atoms with Gasteiger partial charge in [0.1, 0.15) is 18.4 Å². The van der Waals surface area contributed by atoms with E-state index in [9.17, 15) is 27.2 Å². The zero-order valence-electron chi connectivity index (χ0n) is 13.0. The summed E-state index contributed by atoms with van der Waals surface area (Å²) in [6.45, 7) is -0.792. The molecule has 2 N–H and O–H groups in total. The highest BCUT2D eigenvalue weighted by molar-refractivity contribution is 7.89. The van der Waals surface area contributed by atoms with E-state index in [-0.39, 0.29) is 24.5 Å². The van der Waals surface area contributed by atoms with E-state index < -0.39 is 46.3 Å². The Morgan fingerprint density at radius 1 is 1.20 bits per heavy atom. The van der Waals surface area contributed by atoms with E-state index in [1.165, 1.54) is 4.90 Å². The van der Waals surface area contributed by atoms with Gasteiger partial charge in [-0.25, -0.2) is 17.6 Å². The van der Waals surface area contributed by atoms with E-state index in [0.29, 0.717) is 0 Å². The van der Waals surface area contributed by atoms with Gasteiger partial charge in [0.25, 0.3) is 5.91 Å². The van der Waals surface area contributed by atoms with Crippen LogP contribution in [0.3, 0.4) is 0 Å². The normalized spacial score (nSPS) is 21.6. The van der Waals surface area contributed by atoms with Gasteiger partial charge in [-0.1, -0.05) is 0 Å². The summed E-state index contributed by atoms with van der Waals surface area (Å²) in [5.74, 6) is -2.07. The Bertz CT molecular complexity index is 841. The Balaban J connectivity index is 1.83. The fraction of sp³-hybridized carbons (Fsp3) is 0.357.